The zero-order valence-corrected chi connectivity index (χ0v) is 11.0. The van der Waals surface area contributed by atoms with Gasteiger partial charge in [0.2, 0.25) is 5.91 Å². The van der Waals surface area contributed by atoms with Crippen LogP contribution in [0.1, 0.15) is 18.1 Å². The summed E-state index contributed by atoms with van der Waals surface area (Å²) in [4.78, 5) is 22.7. The molecule has 2 N–H and O–H groups in total. The van der Waals surface area contributed by atoms with Gasteiger partial charge in [-0.3, -0.25) is 4.79 Å². The molecule has 1 rings (SSSR count). The summed E-state index contributed by atoms with van der Waals surface area (Å²) < 4.78 is 4.67. The minimum atomic E-state index is -0.565. The number of nitrogens with one attached hydrogen (secondary N) is 1. The lowest BCUT2D eigenvalue weighted by Gasteiger charge is -2.10. The van der Waals surface area contributed by atoms with Gasteiger partial charge in [-0.05, 0) is 19.4 Å². The van der Waals surface area contributed by atoms with Gasteiger partial charge in [-0.15, -0.1) is 0 Å². The topological polar surface area (TPSA) is 75.6 Å². The van der Waals surface area contributed by atoms with E-state index in [9.17, 15) is 14.7 Å². The average Bonchev–Trinajstić information content (AvgIpc) is 2.39. The predicted molar refractivity (Wildman–Crippen MR) is 71.5 cm³/mol. The Hall–Kier alpha value is -2.14. The number of aliphatic hydroxyl groups is 1. The third kappa shape index (κ3) is 4.56. The van der Waals surface area contributed by atoms with E-state index in [-0.39, 0.29) is 13.2 Å². The van der Waals surface area contributed by atoms with Crippen molar-refractivity contribution in [2.45, 2.75) is 20.5 Å². The fourth-order valence-corrected chi connectivity index (χ4v) is 1.54. The molecule has 1 amide bonds. The number of anilines is 1. The number of hydrogen-bond donors (Lipinski definition) is 2. The van der Waals surface area contributed by atoms with Crippen LogP contribution in [-0.2, 0) is 20.9 Å². The molecule has 0 aromatic heterocycles. The molecule has 0 atom stereocenters. The van der Waals surface area contributed by atoms with Gasteiger partial charge >= 0.3 is 5.97 Å². The highest BCUT2D eigenvalue weighted by molar-refractivity contribution is 6.03. The molecule has 102 valence electrons. The highest BCUT2D eigenvalue weighted by atomic mass is 16.5. The first-order valence-corrected chi connectivity index (χ1v) is 5.93. The van der Waals surface area contributed by atoms with Crippen LogP contribution in [0.5, 0.6) is 0 Å². The van der Waals surface area contributed by atoms with Crippen LogP contribution in [0.3, 0.4) is 0 Å². The number of ether oxygens (including phenoxy) is 1. The molecule has 5 heteroatoms. The number of benzene rings is 1. The van der Waals surface area contributed by atoms with Crippen molar-refractivity contribution >= 4 is 17.6 Å². The van der Waals surface area contributed by atoms with Gasteiger partial charge in [0.05, 0.1) is 13.2 Å². The summed E-state index contributed by atoms with van der Waals surface area (Å²) in [6, 6.07) is 5.34. The Morgan fingerprint density at radius 3 is 2.74 bits per heavy atom. The molecular formula is C14H17NO4. The standard InChI is InChI=1S/C14H17NO4/c1-3-19-13(18)8-7-12(17)15-14-10(2)5-4-6-11(14)9-16/h4-8,16H,3,9H2,1-2H3,(H,15,17)/b8-7+. The molecule has 1 aromatic carbocycles. The van der Waals surface area contributed by atoms with Crippen molar-refractivity contribution in [3.8, 4) is 0 Å². The highest BCUT2D eigenvalue weighted by Crippen LogP contribution is 2.20. The lowest BCUT2D eigenvalue weighted by Crippen LogP contribution is -2.12. The molecule has 0 fully saturated rings. The molecule has 0 bridgehead atoms. The number of carbonyl (C=O) groups excluding carboxylic acids is 2. The van der Waals surface area contributed by atoms with Crippen molar-refractivity contribution in [3.05, 3.63) is 41.5 Å². The van der Waals surface area contributed by atoms with Crippen LogP contribution < -0.4 is 5.32 Å². The van der Waals surface area contributed by atoms with Crippen LogP contribution in [0.25, 0.3) is 0 Å². The second-order valence-electron chi connectivity index (χ2n) is 3.84. The van der Waals surface area contributed by atoms with E-state index in [1.807, 2.05) is 13.0 Å². The van der Waals surface area contributed by atoms with Gasteiger partial charge in [-0.1, -0.05) is 18.2 Å². The van der Waals surface area contributed by atoms with Crippen LogP contribution in [0.4, 0.5) is 5.69 Å². The Morgan fingerprint density at radius 1 is 1.37 bits per heavy atom. The van der Waals surface area contributed by atoms with E-state index in [2.05, 4.69) is 10.1 Å². The van der Waals surface area contributed by atoms with Crippen molar-refractivity contribution < 1.29 is 19.4 Å². The smallest absolute Gasteiger partial charge is 0.330 e. The fourth-order valence-electron chi connectivity index (χ4n) is 1.54. The summed E-state index contributed by atoms with van der Waals surface area (Å²) in [5, 5.41) is 11.8. The maximum atomic E-state index is 11.7. The maximum absolute atomic E-state index is 11.7. The number of para-hydroxylation sites is 1. The number of amides is 1. The van der Waals surface area contributed by atoms with Crippen molar-refractivity contribution in [3.63, 3.8) is 0 Å². The Morgan fingerprint density at radius 2 is 2.11 bits per heavy atom. The predicted octanol–water partition coefficient (Wildman–Crippen LogP) is 1.55. The largest absolute Gasteiger partial charge is 0.463 e. The van der Waals surface area contributed by atoms with E-state index in [0.29, 0.717) is 11.3 Å². The quantitative estimate of drug-likeness (QED) is 0.624. The van der Waals surface area contributed by atoms with Crippen molar-refractivity contribution in [1.29, 1.82) is 0 Å². The van der Waals surface area contributed by atoms with E-state index >= 15 is 0 Å². The first-order valence-electron chi connectivity index (χ1n) is 5.93. The zero-order valence-electron chi connectivity index (χ0n) is 11.0. The molecule has 0 aliphatic carbocycles. The number of rotatable bonds is 5. The molecule has 19 heavy (non-hydrogen) atoms. The monoisotopic (exact) mass is 263 g/mol. The number of esters is 1. The zero-order chi connectivity index (χ0) is 14.3. The first-order chi connectivity index (χ1) is 9.08. The lowest BCUT2D eigenvalue weighted by atomic mass is 10.1. The first kappa shape index (κ1) is 14.9. The normalized spacial score (nSPS) is 10.5. The molecule has 0 unspecified atom stereocenters. The molecule has 0 saturated heterocycles. The van der Waals surface area contributed by atoms with Crippen LogP contribution in [0.15, 0.2) is 30.4 Å². The number of aliphatic hydroxyl groups excluding tert-OH is 1. The second kappa shape index (κ2) is 7.33. The molecule has 1 aromatic rings. The van der Waals surface area contributed by atoms with Crippen LogP contribution >= 0.6 is 0 Å². The summed E-state index contributed by atoms with van der Waals surface area (Å²) >= 11 is 0. The Labute approximate surface area is 111 Å². The molecule has 0 radical (unpaired) electrons. The van der Waals surface area contributed by atoms with Gasteiger partial charge < -0.3 is 15.2 Å². The summed E-state index contributed by atoms with van der Waals surface area (Å²) in [6.07, 6.45) is 2.17. The number of aryl methyl sites for hydroxylation is 1. The molecular weight excluding hydrogens is 246 g/mol. The van der Waals surface area contributed by atoms with Crippen LogP contribution in [-0.4, -0.2) is 23.6 Å². The molecule has 0 aliphatic rings. The third-order valence-electron chi connectivity index (χ3n) is 2.44. The molecule has 0 heterocycles. The minimum Gasteiger partial charge on any atom is -0.463 e. The van der Waals surface area contributed by atoms with E-state index in [1.165, 1.54) is 0 Å². The Balaban J connectivity index is 2.75. The van der Waals surface area contributed by atoms with Crippen LogP contribution in [0, 0.1) is 6.92 Å². The second-order valence-corrected chi connectivity index (χ2v) is 3.84. The fraction of sp³-hybridized carbons (Fsp3) is 0.286. The highest BCUT2D eigenvalue weighted by Gasteiger charge is 2.07. The summed E-state index contributed by atoms with van der Waals surface area (Å²) in [5.41, 5.74) is 2.02. The van der Waals surface area contributed by atoms with Crippen molar-refractivity contribution in [2.24, 2.45) is 0 Å². The van der Waals surface area contributed by atoms with E-state index in [1.54, 1.807) is 19.1 Å². The van der Waals surface area contributed by atoms with Gasteiger partial charge in [0, 0.05) is 23.4 Å². The van der Waals surface area contributed by atoms with E-state index in [4.69, 9.17) is 0 Å². The van der Waals surface area contributed by atoms with Gasteiger partial charge in [0.1, 0.15) is 0 Å². The molecule has 0 spiro atoms. The Kier molecular flexibility index (Phi) is 5.75. The summed E-state index contributed by atoms with van der Waals surface area (Å²) in [7, 11) is 0. The number of hydrogen-bond acceptors (Lipinski definition) is 4. The third-order valence-corrected chi connectivity index (χ3v) is 2.44. The van der Waals surface area contributed by atoms with Crippen molar-refractivity contribution in [2.75, 3.05) is 11.9 Å². The Bertz CT molecular complexity index is 494. The van der Waals surface area contributed by atoms with Gasteiger partial charge in [-0.2, -0.15) is 0 Å². The van der Waals surface area contributed by atoms with Crippen molar-refractivity contribution in [1.82, 2.24) is 0 Å². The van der Waals surface area contributed by atoms with Gasteiger partial charge in [0.15, 0.2) is 0 Å². The van der Waals surface area contributed by atoms with Gasteiger partial charge in [-0.25, -0.2) is 4.79 Å². The minimum absolute atomic E-state index is 0.168. The summed E-state index contributed by atoms with van der Waals surface area (Å²) in [5.74, 6) is -1.01. The molecule has 5 nitrogen and oxygen atoms in total. The maximum Gasteiger partial charge on any atom is 0.330 e. The van der Waals surface area contributed by atoms with Crippen LogP contribution in [0.2, 0.25) is 0 Å². The average molecular weight is 263 g/mol. The molecule has 0 aliphatic heterocycles. The number of carbonyl (C=O) groups is 2. The summed E-state index contributed by atoms with van der Waals surface area (Å²) in [6.45, 7) is 3.60. The lowest BCUT2D eigenvalue weighted by molar-refractivity contribution is -0.137. The van der Waals surface area contributed by atoms with E-state index in [0.717, 1.165) is 17.7 Å². The van der Waals surface area contributed by atoms with Gasteiger partial charge in [0.25, 0.3) is 0 Å². The van der Waals surface area contributed by atoms with E-state index < -0.39 is 11.9 Å². The SMILES string of the molecule is CCOC(=O)/C=C/C(=O)Nc1c(C)cccc1CO. The molecule has 0 saturated carbocycles.